The van der Waals surface area contributed by atoms with Gasteiger partial charge in [-0.25, -0.2) is 9.18 Å². The third-order valence-electron chi connectivity index (χ3n) is 3.26. The minimum Gasteiger partial charge on any atom is -0.447 e. The minimum atomic E-state index is -0.471. The van der Waals surface area contributed by atoms with E-state index in [4.69, 9.17) is 4.74 Å². The van der Waals surface area contributed by atoms with Gasteiger partial charge in [0.2, 0.25) is 0 Å². The Morgan fingerprint density at radius 2 is 2.00 bits per heavy atom. The van der Waals surface area contributed by atoms with Crippen LogP contribution in [0.4, 0.5) is 20.6 Å². The van der Waals surface area contributed by atoms with Gasteiger partial charge in [-0.15, -0.1) is 0 Å². The fraction of sp³-hybridized carbons (Fsp3) is 0.125. The van der Waals surface area contributed by atoms with Gasteiger partial charge in [0.05, 0.1) is 6.54 Å². The van der Waals surface area contributed by atoms with Crippen LogP contribution in [0.1, 0.15) is 10.4 Å². The third-order valence-corrected chi connectivity index (χ3v) is 3.26. The summed E-state index contributed by atoms with van der Waals surface area (Å²) in [5.41, 5.74) is 1.39. The zero-order valence-corrected chi connectivity index (χ0v) is 11.6. The van der Waals surface area contributed by atoms with Crippen molar-refractivity contribution in [1.29, 1.82) is 0 Å². The van der Waals surface area contributed by atoms with Crippen molar-refractivity contribution in [2.45, 2.75) is 0 Å². The zero-order valence-electron chi connectivity index (χ0n) is 11.6. The van der Waals surface area contributed by atoms with E-state index in [1.54, 1.807) is 24.3 Å². The van der Waals surface area contributed by atoms with Crippen LogP contribution >= 0.6 is 0 Å². The van der Waals surface area contributed by atoms with Crippen molar-refractivity contribution < 1.29 is 18.7 Å². The Morgan fingerprint density at radius 1 is 1.18 bits per heavy atom. The Morgan fingerprint density at radius 3 is 2.73 bits per heavy atom. The number of benzene rings is 2. The molecule has 0 bridgehead atoms. The molecule has 2 aromatic carbocycles. The molecule has 1 saturated heterocycles. The van der Waals surface area contributed by atoms with Gasteiger partial charge in [0.15, 0.2) is 0 Å². The van der Waals surface area contributed by atoms with Crippen molar-refractivity contribution in [1.82, 2.24) is 0 Å². The Hall–Kier alpha value is -2.89. The number of hydrogen-bond donors (Lipinski definition) is 1. The molecule has 6 heteroatoms. The van der Waals surface area contributed by atoms with Crippen LogP contribution in [0.5, 0.6) is 0 Å². The highest BCUT2D eigenvalue weighted by Gasteiger charge is 2.23. The molecule has 0 aromatic heterocycles. The molecule has 0 atom stereocenters. The van der Waals surface area contributed by atoms with Crippen LogP contribution < -0.4 is 10.2 Å². The molecule has 1 fully saturated rings. The van der Waals surface area contributed by atoms with E-state index in [0.29, 0.717) is 24.5 Å². The SMILES string of the molecule is O=C(Nc1cccc(N2CCOC2=O)c1)c1cccc(F)c1. The minimum absolute atomic E-state index is 0.228. The number of carbonyl (C=O) groups excluding carboxylic acids is 2. The third kappa shape index (κ3) is 2.90. The molecule has 1 heterocycles. The second-order valence-corrected chi connectivity index (χ2v) is 4.78. The first-order chi connectivity index (χ1) is 10.6. The summed E-state index contributed by atoms with van der Waals surface area (Å²) in [5.74, 6) is -0.887. The van der Waals surface area contributed by atoms with E-state index >= 15 is 0 Å². The summed E-state index contributed by atoms with van der Waals surface area (Å²) in [4.78, 5) is 25.1. The summed E-state index contributed by atoms with van der Waals surface area (Å²) in [7, 11) is 0. The van der Waals surface area contributed by atoms with Gasteiger partial charge >= 0.3 is 6.09 Å². The molecular weight excluding hydrogens is 287 g/mol. The molecule has 22 heavy (non-hydrogen) atoms. The highest BCUT2D eigenvalue weighted by atomic mass is 19.1. The predicted octanol–water partition coefficient (Wildman–Crippen LogP) is 3.03. The monoisotopic (exact) mass is 300 g/mol. The smallest absolute Gasteiger partial charge is 0.414 e. The zero-order chi connectivity index (χ0) is 15.5. The molecule has 0 spiro atoms. The second-order valence-electron chi connectivity index (χ2n) is 4.78. The van der Waals surface area contributed by atoms with Crippen molar-refractivity contribution in [2.75, 3.05) is 23.4 Å². The Bertz CT molecular complexity index is 733. The summed E-state index contributed by atoms with van der Waals surface area (Å²) in [6.07, 6.45) is -0.409. The lowest BCUT2D eigenvalue weighted by Gasteiger charge is -2.14. The molecule has 2 aromatic rings. The summed E-state index contributed by atoms with van der Waals surface area (Å²) >= 11 is 0. The van der Waals surface area contributed by atoms with Crippen molar-refractivity contribution in [3.05, 3.63) is 59.9 Å². The molecule has 0 saturated carbocycles. The number of nitrogens with zero attached hydrogens (tertiary/aromatic N) is 1. The predicted molar refractivity (Wildman–Crippen MR) is 79.5 cm³/mol. The van der Waals surface area contributed by atoms with E-state index in [-0.39, 0.29) is 5.56 Å². The molecular formula is C16H13FN2O3. The van der Waals surface area contributed by atoms with Gasteiger partial charge in [0, 0.05) is 16.9 Å². The van der Waals surface area contributed by atoms with Crippen LogP contribution in [-0.4, -0.2) is 25.2 Å². The molecule has 112 valence electrons. The van der Waals surface area contributed by atoms with Gasteiger partial charge in [-0.1, -0.05) is 12.1 Å². The van der Waals surface area contributed by atoms with Crippen molar-refractivity contribution >= 4 is 23.4 Å². The van der Waals surface area contributed by atoms with Crippen LogP contribution in [0.2, 0.25) is 0 Å². The lowest BCUT2D eigenvalue weighted by molar-refractivity contribution is 0.102. The molecule has 1 aliphatic rings. The van der Waals surface area contributed by atoms with Crippen molar-refractivity contribution in [2.24, 2.45) is 0 Å². The van der Waals surface area contributed by atoms with Crippen LogP contribution in [0.25, 0.3) is 0 Å². The highest BCUT2D eigenvalue weighted by molar-refractivity contribution is 6.04. The number of anilines is 2. The van der Waals surface area contributed by atoms with Crippen LogP contribution in [-0.2, 0) is 4.74 Å². The van der Waals surface area contributed by atoms with Gasteiger partial charge in [0.1, 0.15) is 12.4 Å². The number of rotatable bonds is 3. The maximum Gasteiger partial charge on any atom is 0.414 e. The van der Waals surface area contributed by atoms with Gasteiger partial charge in [-0.05, 0) is 36.4 Å². The Kier molecular flexibility index (Phi) is 3.74. The van der Waals surface area contributed by atoms with Gasteiger partial charge in [0.25, 0.3) is 5.91 Å². The number of nitrogens with one attached hydrogen (secondary N) is 1. The van der Waals surface area contributed by atoms with E-state index in [9.17, 15) is 14.0 Å². The number of carbonyl (C=O) groups is 2. The molecule has 0 radical (unpaired) electrons. The molecule has 0 unspecified atom stereocenters. The Balaban J connectivity index is 1.78. The lowest BCUT2D eigenvalue weighted by atomic mass is 10.2. The molecule has 5 nitrogen and oxygen atoms in total. The topological polar surface area (TPSA) is 58.6 Å². The quantitative estimate of drug-likeness (QED) is 0.948. The van der Waals surface area contributed by atoms with Gasteiger partial charge < -0.3 is 10.1 Å². The summed E-state index contributed by atoms with van der Waals surface area (Å²) in [6, 6.07) is 12.3. The molecule has 0 aliphatic carbocycles. The highest BCUT2D eigenvalue weighted by Crippen LogP contribution is 2.22. The molecule has 1 aliphatic heterocycles. The largest absolute Gasteiger partial charge is 0.447 e. The number of amides is 2. The fourth-order valence-corrected chi connectivity index (χ4v) is 2.21. The summed E-state index contributed by atoms with van der Waals surface area (Å²) in [5, 5.41) is 2.68. The maximum atomic E-state index is 13.1. The van der Waals surface area contributed by atoms with Crippen LogP contribution in [0.15, 0.2) is 48.5 Å². The molecule has 2 amide bonds. The first-order valence-electron chi connectivity index (χ1n) is 6.75. The van der Waals surface area contributed by atoms with Crippen molar-refractivity contribution in [3.63, 3.8) is 0 Å². The maximum absolute atomic E-state index is 13.1. The van der Waals surface area contributed by atoms with E-state index in [1.165, 1.54) is 23.1 Å². The van der Waals surface area contributed by atoms with Gasteiger partial charge in [-0.3, -0.25) is 9.69 Å². The summed E-state index contributed by atoms with van der Waals surface area (Å²) in [6.45, 7) is 0.818. The molecule has 1 N–H and O–H groups in total. The number of cyclic esters (lactones) is 1. The first-order valence-corrected chi connectivity index (χ1v) is 6.75. The van der Waals surface area contributed by atoms with E-state index in [1.807, 2.05) is 0 Å². The van der Waals surface area contributed by atoms with Crippen LogP contribution in [0.3, 0.4) is 0 Å². The van der Waals surface area contributed by atoms with Gasteiger partial charge in [-0.2, -0.15) is 0 Å². The van der Waals surface area contributed by atoms with Crippen molar-refractivity contribution in [3.8, 4) is 0 Å². The lowest BCUT2D eigenvalue weighted by Crippen LogP contribution is -2.23. The number of ether oxygens (including phenoxy) is 1. The van der Waals surface area contributed by atoms with E-state index < -0.39 is 17.8 Å². The normalized spacial score (nSPS) is 13.9. The van der Waals surface area contributed by atoms with E-state index in [0.717, 1.165) is 6.07 Å². The Labute approximate surface area is 126 Å². The second kappa shape index (κ2) is 5.85. The fourth-order valence-electron chi connectivity index (χ4n) is 2.21. The number of hydrogen-bond acceptors (Lipinski definition) is 3. The molecule has 3 rings (SSSR count). The average molecular weight is 300 g/mol. The standard InChI is InChI=1S/C16H13FN2O3/c17-12-4-1-3-11(9-12)15(20)18-13-5-2-6-14(10-13)19-7-8-22-16(19)21/h1-6,9-10H,7-8H2,(H,18,20). The first kappa shape index (κ1) is 14.1. The summed E-state index contributed by atoms with van der Waals surface area (Å²) < 4.78 is 18.0. The van der Waals surface area contributed by atoms with Crippen LogP contribution in [0, 0.1) is 5.82 Å². The average Bonchev–Trinajstić information content (AvgIpc) is 2.94. The van der Waals surface area contributed by atoms with E-state index in [2.05, 4.69) is 5.32 Å². The number of halogens is 1.